The van der Waals surface area contributed by atoms with Crippen LogP contribution in [0.25, 0.3) is 0 Å². The highest BCUT2D eigenvalue weighted by atomic mass is 16.5. The van der Waals surface area contributed by atoms with Crippen molar-refractivity contribution in [3.8, 4) is 5.75 Å². The van der Waals surface area contributed by atoms with Gasteiger partial charge >= 0.3 is 0 Å². The lowest BCUT2D eigenvalue weighted by atomic mass is 9.87. The third-order valence-corrected chi connectivity index (χ3v) is 3.91. The topological polar surface area (TPSA) is 41.5 Å². The van der Waals surface area contributed by atoms with Crippen molar-refractivity contribution in [3.05, 3.63) is 29.3 Å². The van der Waals surface area contributed by atoms with Gasteiger partial charge in [0.25, 0.3) is 0 Å². The van der Waals surface area contributed by atoms with Crippen LogP contribution in [0, 0.1) is 0 Å². The van der Waals surface area contributed by atoms with Crippen LogP contribution in [0.5, 0.6) is 5.75 Å². The zero-order chi connectivity index (χ0) is 13.8. The van der Waals surface area contributed by atoms with Crippen molar-refractivity contribution < 1.29 is 9.84 Å². The molecule has 0 spiro atoms. The highest BCUT2D eigenvalue weighted by Crippen LogP contribution is 2.35. The number of nitrogens with one attached hydrogen (secondary N) is 1. The molecule has 0 radical (unpaired) electrons. The SMILES string of the molecule is CCNC1CCCc2c(OC(C)C(C)O)cccc21. The third-order valence-electron chi connectivity index (χ3n) is 3.91. The van der Waals surface area contributed by atoms with Crippen LogP contribution < -0.4 is 10.1 Å². The molecule has 1 aromatic carbocycles. The first-order valence-corrected chi connectivity index (χ1v) is 7.33. The van der Waals surface area contributed by atoms with E-state index in [1.54, 1.807) is 6.92 Å². The van der Waals surface area contributed by atoms with E-state index < -0.39 is 6.10 Å². The van der Waals surface area contributed by atoms with Crippen LogP contribution in [0.2, 0.25) is 0 Å². The van der Waals surface area contributed by atoms with Crippen molar-refractivity contribution in [2.45, 2.75) is 58.3 Å². The van der Waals surface area contributed by atoms with Crippen molar-refractivity contribution in [1.29, 1.82) is 0 Å². The van der Waals surface area contributed by atoms with E-state index in [0.29, 0.717) is 6.04 Å². The maximum absolute atomic E-state index is 9.59. The second-order valence-electron chi connectivity index (χ2n) is 5.39. The summed E-state index contributed by atoms with van der Waals surface area (Å²) in [5.41, 5.74) is 2.68. The third kappa shape index (κ3) is 3.28. The van der Waals surface area contributed by atoms with E-state index in [4.69, 9.17) is 4.74 Å². The molecule has 0 aliphatic heterocycles. The minimum Gasteiger partial charge on any atom is -0.488 e. The standard InChI is InChI=1S/C16H25NO2/c1-4-17-15-9-5-8-14-13(15)7-6-10-16(14)19-12(3)11(2)18/h6-7,10-12,15,17-18H,4-5,8-9H2,1-3H3. The fourth-order valence-corrected chi connectivity index (χ4v) is 2.68. The minimum atomic E-state index is -0.455. The van der Waals surface area contributed by atoms with Gasteiger partial charge in [-0.1, -0.05) is 19.1 Å². The molecule has 3 heteroatoms. The van der Waals surface area contributed by atoms with Gasteiger partial charge in [0.1, 0.15) is 11.9 Å². The fourth-order valence-electron chi connectivity index (χ4n) is 2.68. The molecule has 0 saturated carbocycles. The van der Waals surface area contributed by atoms with Crippen LogP contribution >= 0.6 is 0 Å². The van der Waals surface area contributed by atoms with Crippen molar-refractivity contribution in [3.63, 3.8) is 0 Å². The molecule has 0 amide bonds. The summed E-state index contributed by atoms with van der Waals surface area (Å²) in [4.78, 5) is 0. The minimum absolute atomic E-state index is 0.175. The Balaban J connectivity index is 2.24. The average molecular weight is 263 g/mol. The van der Waals surface area contributed by atoms with Crippen LogP contribution in [0.4, 0.5) is 0 Å². The molecule has 2 rings (SSSR count). The summed E-state index contributed by atoms with van der Waals surface area (Å²) in [5, 5.41) is 13.1. The largest absolute Gasteiger partial charge is 0.488 e. The highest BCUT2D eigenvalue weighted by Gasteiger charge is 2.23. The van der Waals surface area contributed by atoms with Crippen LogP contribution in [0.1, 0.15) is 50.8 Å². The van der Waals surface area contributed by atoms with E-state index in [1.807, 2.05) is 13.0 Å². The van der Waals surface area contributed by atoms with E-state index >= 15 is 0 Å². The Kier molecular flexibility index (Phi) is 4.83. The lowest BCUT2D eigenvalue weighted by Gasteiger charge is -2.29. The summed E-state index contributed by atoms with van der Waals surface area (Å²) in [6.07, 6.45) is 2.82. The number of hydrogen-bond donors (Lipinski definition) is 2. The molecule has 0 fully saturated rings. The monoisotopic (exact) mass is 263 g/mol. The first kappa shape index (κ1) is 14.4. The van der Waals surface area contributed by atoms with Gasteiger partial charge in [-0.3, -0.25) is 0 Å². The molecule has 1 aromatic rings. The molecule has 3 nitrogen and oxygen atoms in total. The van der Waals surface area contributed by atoms with Gasteiger partial charge in [0.05, 0.1) is 6.10 Å². The first-order chi connectivity index (χ1) is 9.13. The highest BCUT2D eigenvalue weighted by molar-refractivity contribution is 5.43. The van der Waals surface area contributed by atoms with E-state index in [2.05, 4.69) is 24.4 Å². The zero-order valence-electron chi connectivity index (χ0n) is 12.1. The molecule has 1 aliphatic rings. The number of ether oxygens (including phenoxy) is 1. The predicted octanol–water partition coefficient (Wildman–Crippen LogP) is 2.82. The second kappa shape index (κ2) is 6.40. The van der Waals surface area contributed by atoms with E-state index in [0.717, 1.165) is 18.7 Å². The van der Waals surface area contributed by atoms with Gasteiger partial charge in [-0.2, -0.15) is 0 Å². The Morgan fingerprint density at radius 2 is 2.21 bits per heavy atom. The molecule has 0 aromatic heterocycles. The summed E-state index contributed by atoms with van der Waals surface area (Å²) >= 11 is 0. The quantitative estimate of drug-likeness (QED) is 0.858. The zero-order valence-corrected chi connectivity index (χ0v) is 12.1. The number of aliphatic hydroxyl groups is 1. The lowest BCUT2D eigenvalue weighted by Crippen LogP contribution is -2.28. The molecule has 0 saturated heterocycles. The molecule has 0 heterocycles. The number of fused-ring (bicyclic) bond motifs is 1. The molecule has 0 bridgehead atoms. The molecular weight excluding hydrogens is 238 g/mol. The summed E-state index contributed by atoms with van der Waals surface area (Å²) < 4.78 is 5.92. The molecule has 19 heavy (non-hydrogen) atoms. The maximum atomic E-state index is 9.59. The van der Waals surface area contributed by atoms with Crippen LogP contribution in [-0.4, -0.2) is 23.9 Å². The summed E-state index contributed by atoms with van der Waals surface area (Å²) in [6, 6.07) is 6.71. The number of aliphatic hydroxyl groups excluding tert-OH is 1. The smallest absolute Gasteiger partial charge is 0.123 e. The van der Waals surface area contributed by atoms with Crippen molar-refractivity contribution in [2.24, 2.45) is 0 Å². The van der Waals surface area contributed by atoms with Gasteiger partial charge in [0, 0.05) is 6.04 Å². The van der Waals surface area contributed by atoms with Gasteiger partial charge < -0.3 is 15.2 Å². The van der Waals surface area contributed by atoms with Crippen molar-refractivity contribution >= 4 is 0 Å². The number of rotatable bonds is 5. The lowest BCUT2D eigenvalue weighted by molar-refractivity contribution is 0.0596. The number of benzene rings is 1. The van der Waals surface area contributed by atoms with Gasteiger partial charge in [0.2, 0.25) is 0 Å². The van der Waals surface area contributed by atoms with Gasteiger partial charge in [-0.05, 0) is 56.8 Å². The van der Waals surface area contributed by atoms with Gasteiger partial charge in [0.15, 0.2) is 0 Å². The van der Waals surface area contributed by atoms with E-state index in [-0.39, 0.29) is 6.10 Å². The summed E-state index contributed by atoms with van der Waals surface area (Å²) in [7, 11) is 0. The molecule has 3 unspecified atom stereocenters. The van der Waals surface area contributed by atoms with Gasteiger partial charge in [-0.15, -0.1) is 0 Å². The normalized spacial score (nSPS) is 21.6. The Morgan fingerprint density at radius 1 is 1.42 bits per heavy atom. The van der Waals surface area contributed by atoms with Crippen LogP contribution in [-0.2, 0) is 6.42 Å². The van der Waals surface area contributed by atoms with E-state index in [9.17, 15) is 5.11 Å². The van der Waals surface area contributed by atoms with E-state index in [1.165, 1.54) is 24.0 Å². The Bertz CT molecular complexity index is 417. The molecule has 1 aliphatic carbocycles. The second-order valence-corrected chi connectivity index (χ2v) is 5.39. The first-order valence-electron chi connectivity index (χ1n) is 7.33. The molecule has 2 N–H and O–H groups in total. The average Bonchev–Trinajstić information content (AvgIpc) is 2.40. The van der Waals surface area contributed by atoms with Crippen molar-refractivity contribution in [2.75, 3.05) is 6.54 Å². The van der Waals surface area contributed by atoms with Crippen molar-refractivity contribution in [1.82, 2.24) is 5.32 Å². The predicted molar refractivity (Wildman–Crippen MR) is 77.6 cm³/mol. The summed E-state index contributed by atoms with van der Waals surface area (Å²) in [6.45, 7) is 6.81. The van der Waals surface area contributed by atoms with Gasteiger partial charge in [-0.25, -0.2) is 0 Å². The Labute approximate surface area is 116 Å². The van der Waals surface area contributed by atoms with Crippen LogP contribution in [0.3, 0.4) is 0 Å². The molecular formula is C16H25NO2. The Morgan fingerprint density at radius 3 is 2.89 bits per heavy atom. The van der Waals surface area contributed by atoms with Crippen LogP contribution in [0.15, 0.2) is 18.2 Å². The summed E-state index contributed by atoms with van der Waals surface area (Å²) in [5.74, 6) is 0.938. The Hall–Kier alpha value is -1.06. The molecule has 3 atom stereocenters. The maximum Gasteiger partial charge on any atom is 0.123 e. The molecule has 106 valence electrons. The number of hydrogen-bond acceptors (Lipinski definition) is 3. The fraction of sp³-hybridized carbons (Fsp3) is 0.625.